The number of aromatic nitrogens is 1. The van der Waals surface area contributed by atoms with Gasteiger partial charge in [-0.1, -0.05) is 18.2 Å². The van der Waals surface area contributed by atoms with Crippen LogP contribution in [0.15, 0.2) is 24.3 Å². The van der Waals surface area contributed by atoms with Gasteiger partial charge in [0.2, 0.25) is 0 Å². The summed E-state index contributed by atoms with van der Waals surface area (Å²) in [4.78, 5) is 0. The van der Waals surface area contributed by atoms with Gasteiger partial charge in [0.25, 0.3) is 0 Å². The standard InChI is InChI=1S/C15H22N2O/c1-11(8-9-18)16-10-15-12(2)13-6-4-5-7-14(13)17(15)3/h4-7,11,16,18H,8-10H2,1-3H3. The van der Waals surface area contributed by atoms with E-state index in [2.05, 4.69) is 55.0 Å². The van der Waals surface area contributed by atoms with E-state index in [0.717, 1.165) is 13.0 Å². The molecule has 1 atom stereocenters. The number of hydrogen-bond donors (Lipinski definition) is 2. The fourth-order valence-corrected chi connectivity index (χ4v) is 2.45. The lowest BCUT2D eigenvalue weighted by atomic mass is 10.1. The SMILES string of the molecule is Cc1c(CNC(C)CCO)n(C)c2ccccc12. The van der Waals surface area contributed by atoms with E-state index in [1.165, 1.54) is 22.2 Å². The summed E-state index contributed by atoms with van der Waals surface area (Å²) >= 11 is 0. The topological polar surface area (TPSA) is 37.2 Å². The van der Waals surface area contributed by atoms with Crippen LogP contribution in [0.4, 0.5) is 0 Å². The summed E-state index contributed by atoms with van der Waals surface area (Å²) < 4.78 is 2.25. The summed E-state index contributed by atoms with van der Waals surface area (Å²) in [7, 11) is 2.11. The van der Waals surface area contributed by atoms with Crippen LogP contribution in [-0.4, -0.2) is 22.3 Å². The molecule has 1 heterocycles. The number of nitrogens with one attached hydrogen (secondary N) is 1. The lowest BCUT2D eigenvalue weighted by molar-refractivity contribution is 0.268. The maximum atomic E-state index is 8.91. The minimum atomic E-state index is 0.238. The smallest absolute Gasteiger partial charge is 0.0483 e. The maximum Gasteiger partial charge on any atom is 0.0483 e. The van der Waals surface area contributed by atoms with Gasteiger partial charge in [-0.15, -0.1) is 0 Å². The molecule has 98 valence electrons. The van der Waals surface area contributed by atoms with Crippen molar-refractivity contribution in [2.45, 2.75) is 32.9 Å². The number of rotatable bonds is 5. The van der Waals surface area contributed by atoms with Gasteiger partial charge in [-0.2, -0.15) is 0 Å². The van der Waals surface area contributed by atoms with Crippen molar-refractivity contribution >= 4 is 10.9 Å². The molecule has 0 spiro atoms. The molecule has 18 heavy (non-hydrogen) atoms. The molecule has 3 heteroatoms. The fraction of sp³-hybridized carbons (Fsp3) is 0.467. The number of benzene rings is 1. The molecule has 0 radical (unpaired) electrons. The van der Waals surface area contributed by atoms with Crippen LogP contribution in [0.2, 0.25) is 0 Å². The molecule has 3 nitrogen and oxygen atoms in total. The van der Waals surface area contributed by atoms with E-state index < -0.39 is 0 Å². The first-order valence-corrected chi connectivity index (χ1v) is 6.52. The highest BCUT2D eigenvalue weighted by Crippen LogP contribution is 2.24. The normalized spacial score (nSPS) is 13.1. The van der Waals surface area contributed by atoms with Gasteiger partial charge < -0.3 is 15.0 Å². The van der Waals surface area contributed by atoms with Crippen LogP contribution in [0.25, 0.3) is 10.9 Å². The number of nitrogens with zero attached hydrogens (tertiary/aromatic N) is 1. The molecule has 2 rings (SSSR count). The number of para-hydroxylation sites is 1. The van der Waals surface area contributed by atoms with Crippen molar-refractivity contribution in [3.05, 3.63) is 35.5 Å². The largest absolute Gasteiger partial charge is 0.396 e. The molecular formula is C15H22N2O. The van der Waals surface area contributed by atoms with Gasteiger partial charge in [0.1, 0.15) is 0 Å². The summed E-state index contributed by atoms with van der Waals surface area (Å²) in [6.07, 6.45) is 0.795. The van der Waals surface area contributed by atoms with Crippen LogP contribution < -0.4 is 5.32 Å². The second-order valence-corrected chi connectivity index (χ2v) is 4.94. The highest BCUT2D eigenvalue weighted by Gasteiger charge is 2.11. The molecule has 0 bridgehead atoms. The number of aryl methyl sites for hydroxylation is 2. The van der Waals surface area contributed by atoms with Crippen molar-refractivity contribution in [2.24, 2.45) is 7.05 Å². The molecule has 0 fully saturated rings. The Morgan fingerprint density at radius 2 is 2.06 bits per heavy atom. The zero-order chi connectivity index (χ0) is 13.1. The monoisotopic (exact) mass is 246 g/mol. The number of aliphatic hydroxyl groups excluding tert-OH is 1. The van der Waals surface area contributed by atoms with E-state index in [4.69, 9.17) is 5.11 Å². The fourth-order valence-electron chi connectivity index (χ4n) is 2.45. The predicted octanol–water partition coefficient (Wildman–Crippen LogP) is 2.35. The van der Waals surface area contributed by atoms with Gasteiger partial charge in [-0.05, 0) is 31.9 Å². The molecule has 0 saturated heterocycles. The first-order valence-electron chi connectivity index (χ1n) is 6.52. The van der Waals surface area contributed by atoms with E-state index in [9.17, 15) is 0 Å². The molecule has 2 aromatic rings. The van der Waals surface area contributed by atoms with Crippen molar-refractivity contribution in [2.75, 3.05) is 6.61 Å². The third-order valence-corrected chi connectivity index (χ3v) is 3.69. The first kappa shape index (κ1) is 13.1. The minimum absolute atomic E-state index is 0.238. The molecule has 0 saturated carbocycles. The minimum Gasteiger partial charge on any atom is -0.396 e. The third kappa shape index (κ3) is 2.42. The second kappa shape index (κ2) is 5.55. The Kier molecular flexibility index (Phi) is 4.04. The number of aliphatic hydroxyl groups is 1. The van der Waals surface area contributed by atoms with Crippen LogP contribution in [0.1, 0.15) is 24.6 Å². The highest BCUT2D eigenvalue weighted by molar-refractivity contribution is 5.85. The first-order chi connectivity index (χ1) is 8.65. The Bertz CT molecular complexity index is 492. The van der Waals surface area contributed by atoms with Gasteiger partial charge in [0, 0.05) is 42.8 Å². The Morgan fingerprint density at radius 3 is 2.72 bits per heavy atom. The number of hydrogen-bond acceptors (Lipinski definition) is 2. The van der Waals surface area contributed by atoms with Crippen molar-refractivity contribution in [1.29, 1.82) is 0 Å². The molecule has 0 aliphatic heterocycles. The zero-order valence-electron chi connectivity index (χ0n) is 11.4. The van der Waals surface area contributed by atoms with Crippen molar-refractivity contribution in [3.8, 4) is 0 Å². The van der Waals surface area contributed by atoms with Crippen molar-refractivity contribution in [3.63, 3.8) is 0 Å². The average Bonchev–Trinajstić information content (AvgIpc) is 2.61. The van der Waals surface area contributed by atoms with E-state index in [0.29, 0.717) is 6.04 Å². The Balaban J connectivity index is 2.23. The van der Waals surface area contributed by atoms with Gasteiger partial charge in [0.05, 0.1) is 0 Å². The molecular weight excluding hydrogens is 224 g/mol. The van der Waals surface area contributed by atoms with Crippen molar-refractivity contribution < 1.29 is 5.11 Å². The molecule has 1 unspecified atom stereocenters. The van der Waals surface area contributed by atoms with E-state index >= 15 is 0 Å². The lowest BCUT2D eigenvalue weighted by Crippen LogP contribution is -2.27. The molecule has 1 aromatic carbocycles. The van der Waals surface area contributed by atoms with E-state index in [1.54, 1.807) is 0 Å². The molecule has 0 aliphatic rings. The second-order valence-electron chi connectivity index (χ2n) is 4.94. The van der Waals surface area contributed by atoms with Gasteiger partial charge >= 0.3 is 0 Å². The molecule has 2 N–H and O–H groups in total. The Morgan fingerprint density at radius 1 is 1.33 bits per heavy atom. The summed E-state index contributed by atoms with van der Waals surface area (Å²) in [5.74, 6) is 0. The molecule has 0 amide bonds. The van der Waals surface area contributed by atoms with Crippen LogP contribution >= 0.6 is 0 Å². The third-order valence-electron chi connectivity index (χ3n) is 3.69. The Hall–Kier alpha value is -1.32. The van der Waals surface area contributed by atoms with Gasteiger partial charge in [0.15, 0.2) is 0 Å². The zero-order valence-corrected chi connectivity index (χ0v) is 11.4. The lowest BCUT2D eigenvalue weighted by Gasteiger charge is -2.13. The van der Waals surface area contributed by atoms with Crippen LogP contribution in [0, 0.1) is 6.92 Å². The van der Waals surface area contributed by atoms with E-state index in [-0.39, 0.29) is 6.61 Å². The highest BCUT2D eigenvalue weighted by atomic mass is 16.3. The summed E-state index contributed by atoms with van der Waals surface area (Å²) in [5.41, 5.74) is 3.94. The summed E-state index contributed by atoms with van der Waals surface area (Å²) in [6, 6.07) is 8.83. The maximum absolute atomic E-state index is 8.91. The number of fused-ring (bicyclic) bond motifs is 1. The van der Waals surface area contributed by atoms with Crippen molar-refractivity contribution in [1.82, 2.24) is 9.88 Å². The predicted molar refractivity (Wildman–Crippen MR) is 75.7 cm³/mol. The molecule has 1 aromatic heterocycles. The van der Waals surface area contributed by atoms with Gasteiger partial charge in [-0.3, -0.25) is 0 Å². The van der Waals surface area contributed by atoms with Crippen LogP contribution in [-0.2, 0) is 13.6 Å². The van der Waals surface area contributed by atoms with Gasteiger partial charge in [-0.25, -0.2) is 0 Å². The molecule has 0 aliphatic carbocycles. The average molecular weight is 246 g/mol. The van der Waals surface area contributed by atoms with E-state index in [1.807, 2.05) is 0 Å². The quantitative estimate of drug-likeness (QED) is 0.849. The summed E-state index contributed by atoms with van der Waals surface area (Å²) in [6.45, 7) is 5.37. The summed E-state index contributed by atoms with van der Waals surface area (Å²) in [5, 5.41) is 13.7. The van der Waals surface area contributed by atoms with Crippen LogP contribution in [0.3, 0.4) is 0 Å². The van der Waals surface area contributed by atoms with Crippen LogP contribution in [0.5, 0.6) is 0 Å². The Labute approximate surface area is 108 Å².